The quantitative estimate of drug-likeness (QED) is 0.0834. The summed E-state index contributed by atoms with van der Waals surface area (Å²) in [5.41, 5.74) is 17.0. The molecule has 3 atom stereocenters. The van der Waals surface area contributed by atoms with E-state index in [4.69, 9.17) is 4.99 Å². The third kappa shape index (κ3) is 7.62. The van der Waals surface area contributed by atoms with Gasteiger partial charge in [0.1, 0.15) is 0 Å². The molecule has 4 aliphatic carbocycles. The lowest BCUT2D eigenvalue weighted by Gasteiger charge is -2.29. The Morgan fingerprint density at radius 1 is 0.873 bits per heavy atom. The summed E-state index contributed by atoms with van der Waals surface area (Å²) < 4.78 is 0. The van der Waals surface area contributed by atoms with E-state index in [-0.39, 0.29) is 5.41 Å². The third-order valence-corrected chi connectivity index (χ3v) is 12.0. The van der Waals surface area contributed by atoms with Gasteiger partial charge in [-0.1, -0.05) is 165 Å². The van der Waals surface area contributed by atoms with Crippen LogP contribution in [0.1, 0.15) is 84.4 Å². The average Bonchev–Trinajstić information content (AvgIpc) is 3.75. The van der Waals surface area contributed by atoms with Gasteiger partial charge < -0.3 is 0 Å². The molecule has 0 radical (unpaired) electrons. The molecule has 0 aromatic heterocycles. The second-order valence-electron chi connectivity index (χ2n) is 15.6. The van der Waals surface area contributed by atoms with Crippen molar-refractivity contribution in [3.05, 3.63) is 227 Å². The van der Waals surface area contributed by atoms with E-state index >= 15 is 0 Å². The van der Waals surface area contributed by atoms with E-state index in [0.717, 1.165) is 42.5 Å². The van der Waals surface area contributed by atoms with E-state index < -0.39 is 0 Å². The Balaban J connectivity index is 1.17. The minimum absolute atomic E-state index is 0.108. The van der Waals surface area contributed by atoms with Gasteiger partial charge in [0.25, 0.3) is 0 Å². The van der Waals surface area contributed by atoms with Crippen LogP contribution in [0.5, 0.6) is 0 Å². The Kier molecular flexibility index (Phi) is 10.7. The van der Waals surface area contributed by atoms with E-state index in [9.17, 15) is 0 Å². The molecular weight excluding hydrogens is 663 g/mol. The molecule has 1 heteroatoms. The molecule has 0 saturated heterocycles. The fourth-order valence-electron chi connectivity index (χ4n) is 9.17. The van der Waals surface area contributed by atoms with Gasteiger partial charge in [-0.15, -0.1) is 0 Å². The Hall–Kier alpha value is -5.79. The van der Waals surface area contributed by atoms with Crippen LogP contribution in [-0.4, -0.2) is 5.71 Å². The SMILES string of the molecule is C=C/C=C\C=C/CC1=CCC2(C)Cc3c(cccc3-c3cccc(C(=N\C=C/C(=C\C=C\C)c4ccccc4)c4ccc5c(c4)CC4C=CCCC54)c3)C2=C1. The first-order valence-electron chi connectivity index (χ1n) is 20.1. The zero-order chi connectivity index (χ0) is 37.6. The van der Waals surface area contributed by atoms with E-state index in [1.54, 1.807) is 0 Å². The maximum Gasteiger partial charge on any atom is 0.0774 e. The van der Waals surface area contributed by atoms with Crippen molar-refractivity contribution in [3.63, 3.8) is 0 Å². The molecule has 4 aliphatic rings. The molecule has 272 valence electrons. The topological polar surface area (TPSA) is 12.4 Å². The molecule has 4 aromatic rings. The van der Waals surface area contributed by atoms with E-state index in [2.05, 4.69) is 172 Å². The standard InChI is InChI=1S/C54H51N/c1-4-6-8-9-11-18-39-30-32-54(3)38-51-48(26-17-27-50(51)52(54)34-39)43-23-16-24-44(35-43)53(55-33-31-41(19-7-5-2)40-20-12-10-13-21-40)45-28-29-49-46(37-45)36-42-22-14-15-25-47(42)49/h4-14,16-17,19-24,26-31,33-35,37,42,47H,1,15,18,25,32,36,38H2,2-3H3/b7-5+,8-6-,11-9-,33-31-,41-19+,55-53?. The summed E-state index contributed by atoms with van der Waals surface area (Å²) in [7, 11) is 0. The van der Waals surface area contributed by atoms with E-state index in [1.807, 2.05) is 24.4 Å². The molecule has 3 unspecified atom stereocenters. The normalized spacial score (nSPS) is 21.9. The molecular formula is C54H51N. The molecule has 0 heterocycles. The number of hydrogen-bond donors (Lipinski definition) is 0. The predicted octanol–water partition coefficient (Wildman–Crippen LogP) is 13.9. The second-order valence-corrected chi connectivity index (χ2v) is 15.6. The molecule has 55 heavy (non-hydrogen) atoms. The molecule has 1 nitrogen and oxygen atoms in total. The molecule has 8 rings (SSSR count). The maximum absolute atomic E-state index is 5.31. The van der Waals surface area contributed by atoms with Gasteiger partial charge in [-0.25, -0.2) is 0 Å². The number of benzene rings is 4. The third-order valence-electron chi connectivity index (χ3n) is 12.0. The van der Waals surface area contributed by atoms with Gasteiger partial charge in [0.05, 0.1) is 5.71 Å². The van der Waals surface area contributed by atoms with Gasteiger partial charge in [-0.3, -0.25) is 4.99 Å². The van der Waals surface area contributed by atoms with Crippen LogP contribution in [0.25, 0.3) is 22.3 Å². The monoisotopic (exact) mass is 713 g/mol. The predicted molar refractivity (Wildman–Crippen MR) is 236 cm³/mol. The highest BCUT2D eigenvalue weighted by atomic mass is 14.7. The van der Waals surface area contributed by atoms with E-state index in [0.29, 0.717) is 11.8 Å². The van der Waals surface area contributed by atoms with Crippen molar-refractivity contribution in [2.45, 2.75) is 58.3 Å². The Morgan fingerprint density at radius 2 is 1.71 bits per heavy atom. The van der Waals surface area contributed by atoms with Gasteiger partial charge in [0.2, 0.25) is 0 Å². The summed E-state index contributed by atoms with van der Waals surface area (Å²) in [5, 5.41) is 0. The van der Waals surface area contributed by atoms with Gasteiger partial charge >= 0.3 is 0 Å². The molecule has 0 spiro atoms. The molecule has 0 bridgehead atoms. The summed E-state index contributed by atoms with van der Waals surface area (Å²) in [6, 6.07) is 33.7. The Labute approximate surface area is 328 Å². The average molecular weight is 714 g/mol. The van der Waals surface area contributed by atoms with Crippen molar-refractivity contribution >= 4 is 16.9 Å². The van der Waals surface area contributed by atoms with Crippen LogP contribution in [0.3, 0.4) is 0 Å². The Bertz CT molecular complexity index is 2360. The number of fused-ring (bicyclic) bond motifs is 6. The van der Waals surface area contributed by atoms with Crippen LogP contribution in [0.2, 0.25) is 0 Å². The largest absolute Gasteiger partial charge is 0.256 e. The van der Waals surface area contributed by atoms with Crippen LogP contribution < -0.4 is 0 Å². The number of nitrogens with zero attached hydrogens (tertiary/aromatic N) is 1. The zero-order valence-corrected chi connectivity index (χ0v) is 32.3. The van der Waals surface area contributed by atoms with Crippen LogP contribution in [0.4, 0.5) is 0 Å². The summed E-state index contributed by atoms with van der Waals surface area (Å²) in [4.78, 5) is 5.31. The molecule has 0 amide bonds. The number of allylic oxidation sites excluding steroid dienone is 16. The molecule has 0 saturated carbocycles. The van der Waals surface area contributed by atoms with Crippen molar-refractivity contribution in [2.75, 3.05) is 0 Å². The fraction of sp³-hybridized carbons (Fsp3) is 0.204. The van der Waals surface area contributed by atoms with E-state index in [1.165, 1.54) is 68.5 Å². The minimum Gasteiger partial charge on any atom is -0.256 e. The highest BCUT2D eigenvalue weighted by molar-refractivity contribution is 6.14. The summed E-state index contributed by atoms with van der Waals surface area (Å²) in [6.45, 7) is 8.27. The zero-order valence-electron chi connectivity index (χ0n) is 32.3. The van der Waals surface area contributed by atoms with Crippen molar-refractivity contribution in [3.8, 4) is 11.1 Å². The van der Waals surface area contributed by atoms with Gasteiger partial charge in [-0.2, -0.15) is 0 Å². The smallest absolute Gasteiger partial charge is 0.0774 e. The maximum atomic E-state index is 5.31. The van der Waals surface area contributed by atoms with Gasteiger partial charge in [-0.05, 0) is 131 Å². The first-order chi connectivity index (χ1) is 27.0. The molecule has 0 aliphatic heterocycles. The number of aliphatic imine (C=N–C) groups is 1. The first-order valence-corrected chi connectivity index (χ1v) is 20.1. The summed E-state index contributed by atoms with van der Waals surface area (Å²) in [5.74, 6) is 1.27. The summed E-state index contributed by atoms with van der Waals surface area (Å²) in [6.07, 6.45) is 37.0. The highest BCUT2D eigenvalue weighted by Crippen LogP contribution is 2.54. The van der Waals surface area contributed by atoms with Crippen LogP contribution >= 0.6 is 0 Å². The highest BCUT2D eigenvalue weighted by Gasteiger charge is 2.40. The molecule has 0 fully saturated rings. The number of hydrogen-bond acceptors (Lipinski definition) is 1. The lowest BCUT2D eigenvalue weighted by Crippen LogP contribution is -2.17. The Morgan fingerprint density at radius 3 is 2.58 bits per heavy atom. The number of rotatable bonds is 11. The van der Waals surface area contributed by atoms with Crippen LogP contribution in [0.15, 0.2) is 193 Å². The molecule has 0 N–H and O–H groups in total. The van der Waals surface area contributed by atoms with Crippen LogP contribution in [-0.2, 0) is 12.8 Å². The lowest BCUT2D eigenvalue weighted by molar-refractivity contribution is 0.464. The van der Waals surface area contributed by atoms with Crippen molar-refractivity contribution in [2.24, 2.45) is 16.3 Å². The van der Waals surface area contributed by atoms with Gasteiger partial charge in [0, 0.05) is 22.7 Å². The first kappa shape index (κ1) is 36.2. The van der Waals surface area contributed by atoms with Crippen molar-refractivity contribution in [1.29, 1.82) is 0 Å². The minimum atomic E-state index is 0.108. The molecule has 4 aromatic carbocycles. The van der Waals surface area contributed by atoms with Gasteiger partial charge in [0.15, 0.2) is 0 Å². The summed E-state index contributed by atoms with van der Waals surface area (Å²) >= 11 is 0. The van der Waals surface area contributed by atoms with Crippen LogP contribution in [0, 0.1) is 11.3 Å². The van der Waals surface area contributed by atoms with Crippen molar-refractivity contribution < 1.29 is 0 Å². The second kappa shape index (κ2) is 16.3. The fourth-order valence-corrected chi connectivity index (χ4v) is 9.17. The lowest BCUT2D eigenvalue weighted by atomic mass is 9.75. The van der Waals surface area contributed by atoms with Crippen molar-refractivity contribution in [1.82, 2.24) is 0 Å².